The average molecular weight is 278 g/mol. The molecule has 0 unspecified atom stereocenters. The lowest BCUT2D eigenvalue weighted by molar-refractivity contribution is 0.0466. The lowest BCUT2D eigenvalue weighted by atomic mass is 10.2. The van der Waals surface area contributed by atoms with E-state index in [1.165, 1.54) is 19.2 Å². The van der Waals surface area contributed by atoms with Gasteiger partial charge in [0.15, 0.2) is 5.78 Å². The number of H-pyrrole nitrogens is 1. The first-order chi connectivity index (χ1) is 9.08. The van der Waals surface area contributed by atoms with Crippen LogP contribution in [-0.4, -0.2) is 16.7 Å². The van der Waals surface area contributed by atoms with Crippen molar-refractivity contribution in [2.45, 2.75) is 13.5 Å². The van der Waals surface area contributed by atoms with Crippen LogP contribution in [-0.2, 0) is 11.3 Å². The van der Waals surface area contributed by atoms with Gasteiger partial charge in [-0.3, -0.25) is 4.79 Å². The first-order valence-electron chi connectivity index (χ1n) is 5.68. The van der Waals surface area contributed by atoms with Crippen LogP contribution in [0, 0.1) is 0 Å². The lowest BCUT2D eigenvalue weighted by Gasteiger charge is -2.05. The first kappa shape index (κ1) is 13.4. The molecule has 4 nitrogen and oxygen atoms in total. The molecule has 19 heavy (non-hydrogen) atoms. The first-order valence-corrected chi connectivity index (χ1v) is 6.05. The second-order valence-corrected chi connectivity index (χ2v) is 4.43. The van der Waals surface area contributed by atoms with Gasteiger partial charge in [-0.05, 0) is 19.1 Å². The number of hydrogen-bond donors (Lipinski definition) is 1. The largest absolute Gasteiger partial charge is 0.456 e. The van der Waals surface area contributed by atoms with E-state index in [-0.39, 0.29) is 18.1 Å². The van der Waals surface area contributed by atoms with E-state index in [2.05, 4.69) is 4.98 Å². The zero-order chi connectivity index (χ0) is 13.8. The fourth-order valence-corrected chi connectivity index (χ4v) is 1.74. The van der Waals surface area contributed by atoms with Crippen molar-refractivity contribution in [3.63, 3.8) is 0 Å². The predicted octanol–water partition coefficient (Wildman–Crippen LogP) is 3.23. The van der Waals surface area contributed by atoms with Crippen molar-refractivity contribution in [2.75, 3.05) is 0 Å². The Balaban J connectivity index is 2.01. The minimum Gasteiger partial charge on any atom is -0.456 e. The van der Waals surface area contributed by atoms with Crippen LogP contribution >= 0.6 is 11.6 Å². The lowest BCUT2D eigenvalue weighted by Crippen LogP contribution is -2.05. The summed E-state index contributed by atoms with van der Waals surface area (Å²) in [5.41, 5.74) is 1.43. The number of ketones is 1. The summed E-state index contributed by atoms with van der Waals surface area (Å²) in [5.74, 6) is -0.631. The topological polar surface area (TPSA) is 59.2 Å². The van der Waals surface area contributed by atoms with Crippen molar-refractivity contribution in [2.24, 2.45) is 0 Å². The number of carbonyl (C=O) groups excluding carboxylic acids is 2. The van der Waals surface area contributed by atoms with Crippen LogP contribution in [0.2, 0.25) is 5.02 Å². The molecule has 1 aromatic carbocycles. The van der Waals surface area contributed by atoms with Crippen LogP contribution in [0.4, 0.5) is 0 Å². The molecule has 2 rings (SSSR count). The van der Waals surface area contributed by atoms with Crippen molar-refractivity contribution in [3.05, 3.63) is 58.4 Å². The minimum absolute atomic E-state index is 0.0902. The molecule has 0 saturated carbocycles. The Hall–Kier alpha value is -2.07. The Labute approximate surface area is 115 Å². The van der Waals surface area contributed by atoms with Gasteiger partial charge in [-0.2, -0.15) is 0 Å². The highest BCUT2D eigenvalue weighted by Gasteiger charge is 2.12. The number of rotatable bonds is 4. The van der Waals surface area contributed by atoms with Gasteiger partial charge in [0.1, 0.15) is 12.3 Å². The highest BCUT2D eigenvalue weighted by molar-refractivity contribution is 6.31. The summed E-state index contributed by atoms with van der Waals surface area (Å²) in [7, 11) is 0. The Morgan fingerprint density at radius 3 is 2.68 bits per heavy atom. The SMILES string of the molecule is CC(=O)c1c[nH]c(C(=O)OCc2ccccc2Cl)c1. The predicted molar refractivity (Wildman–Crippen MR) is 71.4 cm³/mol. The maximum Gasteiger partial charge on any atom is 0.355 e. The number of Topliss-reactive ketones (excluding diaryl/α,β-unsaturated/α-hetero) is 1. The van der Waals surface area contributed by atoms with Crippen LogP contribution in [0.5, 0.6) is 0 Å². The van der Waals surface area contributed by atoms with E-state index in [0.717, 1.165) is 5.56 Å². The third-order valence-corrected chi connectivity index (χ3v) is 2.99. The molecule has 0 radical (unpaired) electrons. The van der Waals surface area contributed by atoms with E-state index in [9.17, 15) is 9.59 Å². The van der Waals surface area contributed by atoms with Gasteiger partial charge in [0, 0.05) is 22.3 Å². The van der Waals surface area contributed by atoms with Gasteiger partial charge in [-0.1, -0.05) is 29.8 Å². The van der Waals surface area contributed by atoms with E-state index >= 15 is 0 Å². The van der Waals surface area contributed by atoms with Gasteiger partial charge in [0.25, 0.3) is 0 Å². The van der Waals surface area contributed by atoms with Crippen molar-refractivity contribution < 1.29 is 14.3 Å². The maximum atomic E-state index is 11.8. The van der Waals surface area contributed by atoms with E-state index in [0.29, 0.717) is 10.6 Å². The van der Waals surface area contributed by atoms with Crippen LogP contribution < -0.4 is 0 Å². The number of benzene rings is 1. The summed E-state index contributed by atoms with van der Waals surface area (Å²) in [6.45, 7) is 1.52. The molecule has 0 bridgehead atoms. The van der Waals surface area contributed by atoms with Crippen LogP contribution in [0.15, 0.2) is 36.5 Å². The van der Waals surface area contributed by atoms with Crippen molar-refractivity contribution in [1.82, 2.24) is 4.98 Å². The summed E-state index contributed by atoms with van der Waals surface area (Å²) in [6.07, 6.45) is 1.48. The number of esters is 1. The molecular formula is C14H12ClNO3. The fraction of sp³-hybridized carbons (Fsp3) is 0.143. The molecule has 0 atom stereocenters. The number of nitrogens with one attached hydrogen (secondary N) is 1. The molecule has 1 aromatic heterocycles. The number of hydrogen-bond acceptors (Lipinski definition) is 3. The fourth-order valence-electron chi connectivity index (χ4n) is 1.55. The summed E-state index contributed by atoms with van der Waals surface area (Å²) in [5, 5.41) is 0.547. The normalized spacial score (nSPS) is 10.2. The zero-order valence-electron chi connectivity index (χ0n) is 10.3. The van der Waals surface area contributed by atoms with E-state index in [1.807, 2.05) is 6.07 Å². The van der Waals surface area contributed by atoms with Crippen LogP contribution in [0.1, 0.15) is 33.3 Å². The highest BCUT2D eigenvalue weighted by atomic mass is 35.5. The monoisotopic (exact) mass is 277 g/mol. The smallest absolute Gasteiger partial charge is 0.355 e. The number of ether oxygens (including phenoxy) is 1. The number of aromatic nitrogens is 1. The molecule has 5 heteroatoms. The molecule has 1 N–H and O–H groups in total. The molecule has 0 aliphatic carbocycles. The Morgan fingerprint density at radius 2 is 2.05 bits per heavy atom. The molecule has 0 spiro atoms. The van der Waals surface area contributed by atoms with Gasteiger partial charge < -0.3 is 9.72 Å². The molecular weight excluding hydrogens is 266 g/mol. The van der Waals surface area contributed by atoms with Gasteiger partial charge in [0.2, 0.25) is 0 Å². The quantitative estimate of drug-likeness (QED) is 0.689. The molecule has 2 aromatic rings. The Kier molecular flexibility index (Phi) is 4.02. The molecule has 0 aliphatic heterocycles. The Morgan fingerprint density at radius 1 is 1.32 bits per heavy atom. The van der Waals surface area contributed by atoms with Crippen LogP contribution in [0.25, 0.3) is 0 Å². The summed E-state index contributed by atoms with van der Waals surface area (Å²) in [4.78, 5) is 25.6. The van der Waals surface area contributed by atoms with Gasteiger partial charge in [0.05, 0.1) is 0 Å². The second kappa shape index (κ2) is 5.71. The van der Waals surface area contributed by atoms with Gasteiger partial charge >= 0.3 is 5.97 Å². The van der Waals surface area contributed by atoms with E-state index in [1.54, 1.807) is 18.2 Å². The molecule has 1 heterocycles. The highest BCUT2D eigenvalue weighted by Crippen LogP contribution is 2.16. The summed E-state index contributed by atoms with van der Waals surface area (Å²) >= 11 is 5.96. The van der Waals surface area contributed by atoms with Crippen molar-refractivity contribution in [1.29, 1.82) is 0 Å². The molecule has 0 fully saturated rings. The molecule has 0 aliphatic rings. The summed E-state index contributed by atoms with van der Waals surface area (Å²) < 4.78 is 5.12. The second-order valence-electron chi connectivity index (χ2n) is 4.03. The standard InChI is InChI=1S/C14H12ClNO3/c1-9(17)11-6-13(16-7-11)14(18)19-8-10-4-2-3-5-12(10)15/h2-7,16H,8H2,1H3. The zero-order valence-corrected chi connectivity index (χ0v) is 11.0. The third kappa shape index (κ3) is 3.23. The van der Waals surface area contributed by atoms with Crippen molar-refractivity contribution >= 4 is 23.4 Å². The summed E-state index contributed by atoms with van der Waals surface area (Å²) in [6, 6.07) is 8.60. The maximum absolute atomic E-state index is 11.8. The van der Waals surface area contributed by atoms with Crippen molar-refractivity contribution in [3.8, 4) is 0 Å². The number of carbonyl (C=O) groups is 2. The Bertz CT molecular complexity index is 619. The van der Waals surface area contributed by atoms with Gasteiger partial charge in [-0.15, -0.1) is 0 Å². The molecule has 98 valence electrons. The molecule has 0 saturated heterocycles. The number of aromatic amines is 1. The van der Waals surface area contributed by atoms with Crippen LogP contribution in [0.3, 0.4) is 0 Å². The minimum atomic E-state index is -0.521. The molecule has 0 amide bonds. The van der Waals surface area contributed by atoms with E-state index in [4.69, 9.17) is 16.3 Å². The third-order valence-electron chi connectivity index (χ3n) is 2.63. The van der Waals surface area contributed by atoms with Gasteiger partial charge in [-0.25, -0.2) is 4.79 Å². The number of halogens is 1. The average Bonchev–Trinajstić information content (AvgIpc) is 2.87. The van der Waals surface area contributed by atoms with E-state index < -0.39 is 5.97 Å².